The highest BCUT2D eigenvalue weighted by Crippen LogP contribution is 2.33. The number of alkyl halides is 3. The number of nitrogens with two attached hydrogens (primary N) is 1. The molecule has 5 heteroatoms. The smallest absolute Gasteiger partial charge is 0.372 e. The summed E-state index contributed by atoms with van der Waals surface area (Å²) < 4.78 is 38.4. The second kappa shape index (κ2) is 6.80. The van der Waals surface area contributed by atoms with Crippen molar-refractivity contribution in [3.05, 3.63) is 29.3 Å². The molecule has 0 aliphatic rings. The average Bonchev–Trinajstić information content (AvgIpc) is 2.38. The Labute approximate surface area is 112 Å². The number of hydrogen-bond donors (Lipinski definition) is 1. The summed E-state index contributed by atoms with van der Waals surface area (Å²) in [6, 6.07) is 4.22. The predicted octanol–water partition coefficient (Wildman–Crippen LogP) is 3.79. The van der Waals surface area contributed by atoms with Crippen molar-refractivity contribution in [1.82, 2.24) is 0 Å². The quantitative estimate of drug-likeness (QED) is 0.855. The van der Waals surface area contributed by atoms with Crippen LogP contribution in [0.5, 0.6) is 0 Å². The summed E-state index contributed by atoms with van der Waals surface area (Å²) in [5.74, 6) is 0. The second-order valence-electron chi connectivity index (χ2n) is 4.48. The van der Waals surface area contributed by atoms with Gasteiger partial charge in [-0.2, -0.15) is 13.2 Å². The van der Waals surface area contributed by atoms with Crippen LogP contribution in [0.1, 0.15) is 37.8 Å². The van der Waals surface area contributed by atoms with Crippen LogP contribution in [0.3, 0.4) is 0 Å². The molecule has 1 aromatic carbocycles. The van der Waals surface area contributed by atoms with Gasteiger partial charge in [0.2, 0.25) is 0 Å². The minimum Gasteiger partial charge on any atom is -0.372 e. The lowest BCUT2D eigenvalue weighted by molar-refractivity contribution is -0.138. The molecule has 0 spiro atoms. The maximum Gasteiger partial charge on any atom is 0.416 e. The number of hydrogen-bond acceptors (Lipinski definition) is 2. The standard InChI is InChI=1S/C14H21F3N2/c1-3-5-8-19(4-2)12-6-7-13(14(15,16)17)11(9-12)10-18/h6-7,9H,3-5,8,10,18H2,1-2H3. The van der Waals surface area contributed by atoms with Crippen LogP contribution >= 0.6 is 0 Å². The van der Waals surface area contributed by atoms with E-state index in [4.69, 9.17) is 5.73 Å². The van der Waals surface area contributed by atoms with E-state index in [0.717, 1.165) is 37.7 Å². The number of rotatable bonds is 6. The van der Waals surface area contributed by atoms with Crippen molar-refractivity contribution in [1.29, 1.82) is 0 Å². The lowest BCUT2D eigenvalue weighted by Gasteiger charge is -2.24. The Bertz CT molecular complexity index is 402. The molecule has 2 nitrogen and oxygen atoms in total. The van der Waals surface area contributed by atoms with E-state index in [2.05, 4.69) is 11.8 Å². The lowest BCUT2D eigenvalue weighted by Crippen LogP contribution is -2.24. The molecule has 0 fully saturated rings. The fourth-order valence-corrected chi connectivity index (χ4v) is 2.04. The van der Waals surface area contributed by atoms with Crippen molar-refractivity contribution in [2.75, 3.05) is 18.0 Å². The van der Waals surface area contributed by atoms with Gasteiger partial charge in [-0.05, 0) is 37.1 Å². The van der Waals surface area contributed by atoms with E-state index < -0.39 is 11.7 Å². The number of nitrogens with zero attached hydrogens (tertiary/aromatic N) is 1. The minimum atomic E-state index is -4.34. The summed E-state index contributed by atoms with van der Waals surface area (Å²) in [7, 11) is 0. The summed E-state index contributed by atoms with van der Waals surface area (Å²) in [6.07, 6.45) is -2.26. The molecule has 1 rings (SSSR count). The Balaban J connectivity index is 3.04. The summed E-state index contributed by atoms with van der Waals surface area (Å²) in [5, 5.41) is 0. The van der Waals surface area contributed by atoms with Crippen molar-refractivity contribution >= 4 is 5.69 Å². The van der Waals surface area contributed by atoms with Gasteiger partial charge in [0, 0.05) is 25.3 Å². The molecular weight excluding hydrogens is 253 g/mol. The SMILES string of the molecule is CCCCN(CC)c1ccc(C(F)(F)F)c(CN)c1. The van der Waals surface area contributed by atoms with Gasteiger partial charge in [-0.1, -0.05) is 13.3 Å². The van der Waals surface area contributed by atoms with Gasteiger partial charge in [-0.25, -0.2) is 0 Å². The van der Waals surface area contributed by atoms with Gasteiger partial charge in [0.25, 0.3) is 0 Å². The van der Waals surface area contributed by atoms with Crippen molar-refractivity contribution in [2.24, 2.45) is 5.73 Å². The zero-order chi connectivity index (χ0) is 14.5. The number of anilines is 1. The molecule has 1 aromatic rings. The molecule has 0 saturated carbocycles. The fourth-order valence-electron chi connectivity index (χ4n) is 2.04. The van der Waals surface area contributed by atoms with Crippen LogP contribution in [-0.4, -0.2) is 13.1 Å². The van der Waals surface area contributed by atoms with Crippen molar-refractivity contribution < 1.29 is 13.2 Å². The van der Waals surface area contributed by atoms with Gasteiger partial charge in [0.15, 0.2) is 0 Å². The molecule has 19 heavy (non-hydrogen) atoms. The number of halogens is 3. The third-order valence-corrected chi connectivity index (χ3v) is 3.14. The Morgan fingerprint density at radius 2 is 1.89 bits per heavy atom. The zero-order valence-corrected chi connectivity index (χ0v) is 11.4. The summed E-state index contributed by atoms with van der Waals surface area (Å²) in [5.41, 5.74) is 5.77. The second-order valence-corrected chi connectivity index (χ2v) is 4.48. The topological polar surface area (TPSA) is 29.3 Å². The van der Waals surface area contributed by atoms with Gasteiger partial charge in [0.1, 0.15) is 0 Å². The highest BCUT2D eigenvalue weighted by Gasteiger charge is 2.33. The first kappa shape index (κ1) is 15.8. The fraction of sp³-hybridized carbons (Fsp3) is 0.571. The number of unbranched alkanes of at least 4 members (excludes halogenated alkanes) is 1. The maximum absolute atomic E-state index is 12.8. The van der Waals surface area contributed by atoms with Crippen LogP contribution in [0.15, 0.2) is 18.2 Å². The van der Waals surface area contributed by atoms with E-state index in [0.29, 0.717) is 0 Å². The largest absolute Gasteiger partial charge is 0.416 e. The summed E-state index contributed by atoms with van der Waals surface area (Å²) in [4.78, 5) is 2.07. The molecule has 0 amide bonds. The Morgan fingerprint density at radius 3 is 2.37 bits per heavy atom. The third kappa shape index (κ3) is 4.13. The molecule has 0 saturated heterocycles. The molecule has 0 unspecified atom stereocenters. The molecule has 0 radical (unpaired) electrons. The van der Waals surface area contributed by atoms with Crippen LogP contribution < -0.4 is 10.6 Å². The first-order valence-corrected chi connectivity index (χ1v) is 6.59. The van der Waals surface area contributed by atoms with Gasteiger partial charge in [0.05, 0.1) is 5.56 Å². The Kier molecular flexibility index (Phi) is 5.66. The molecule has 0 aromatic heterocycles. The van der Waals surface area contributed by atoms with Crippen LogP contribution in [0.25, 0.3) is 0 Å². The van der Waals surface area contributed by atoms with E-state index >= 15 is 0 Å². The van der Waals surface area contributed by atoms with Crippen molar-refractivity contribution in [3.63, 3.8) is 0 Å². The molecule has 0 atom stereocenters. The normalized spacial score (nSPS) is 11.7. The third-order valence-electron chi connectivity index (χ3n) is 3.14. The average molecular weight is 274 g/mol. The molecular formula is C14H21F3N2. The van der Waals surface area contributed by atoms with Crippen LogP contribution in [0.4, 0.5) is 18.9 Å². The first-order chi connectivity index (χ1) is 8.93. The van der Waals surface area contributed by atoms with E-state index in [1.165, 1.54) is 6.07 Å². The van der Waals surface area contributed by atoms with Gasteiger partial charge >= 0.3 is 6.18 Å². The zero-order valence-electron chi connectivity index (χ0n) is 11.4. The van der Waals surface area contributed by atoms with Gasteiger partial charge in [-0.3, -0.25) is 0 Å². The maximum atomic E-state index is 12.8. The molecule has 0 heterocycles. The Morgan fingerprint density at radius 1 is 1.21 bits per heavy atom. The lowest BCUT2D eigenvalue weighted by atomic mass is 10.1. The molecule has 108 valence electrons. The van der Waals surface area contributed by atoms with Crippen molar-refractivity contribution in [3.8, 4) is 0 Å². The van der Waals surface area contributed by atoms with Crippen LogP contribution in [-0.2, 0) is 12.7 Å². The number of benzene rings is 1. The first-order valence-electron chi connectivity index (χ1n) is 6.59. The Hall–Kier alpha value is -1.23. The monoisotopic (exact) mass is 274 g/mol. The van der Waals surface area contributed by atoms with Crippen LogP contribution in [0, 0.1) is 0 Å². The molecule has 0 bridgehead atoms. The minimum absolute atomic E-state index is 0.103. The highest BCUT2D eigenvalue weighted by molar-refractivity contribution is 5.51. The van der Waals surface area contributed by atoms with Crippen LogP contribution in [0.2, 0.25) is 0 Å². The van der Waals surface area contributed by atoms with E-state index in [1.54, 1.807) is 6.07 Å². The molecule has 2 N–H and O–H groups in total. The summed E-state index contributed by atoms with van der Waals surface area (Å²) >= 11 is 0. The molecule has 0 aliphatic heterocycles. The van der Waals surface area contributed by atoms with E-state index in [1.807, 2.05) is 6.92 Å². The van der Waals surface area contributed by atoms with Gasteiger partial charge < -0.3 is 10.6 Å². The van der Waals surface area contributed by atoms with Gasteiger partial charge in [-0.15, -0.1) is 0 Å². The van der Waals surface area contributed by atoms with E-state index in [-0.39, 0.29) is 12.1 Å². The molecule has 0 aliphatic carbocycles. The highest BCUT2D eigenvalue weighted by atomic mass is 19.4. The summed E-state index contributed by atoms with van der Waals surface area (Å²) in [6.45, 7) is 5.60. The van der Waals surface area contributed by atoms with E-state index in [9.17, 15) is 13.2 Å². The van der Waals surface area contributed by atoms with Crippen molar-refractivity contribution in [2.45, 2.75) is 39.4 Å². The predicted molar refractivity (Wildman–Crippen MR) is 72.1 cm³/mol.